The minimum absolute atomic E-state index is 0.111. The van der Waals surface area contributed by atoms with Crippen molar-refractivity contribution in [2.24, 2.45) is 0 Å². The summed E-state index contributed by atoms with van der Waals surface area (Å²) in [4.78, 5) is 0. The Morgan fingerprint density at radius 3 is 2.45 bits per heavy atom. The highest BCUT2D eigenvalue weighted by Crippen LogP contribution is 2.38. The third kappa shape index (κ3) is 5.22. The number of halogens is 6. The average Bonchev–Trinajstić information content (AvgIpc) is 3.22. The van der Waals surface area contributed by atoms with Gasteiger partial charge in [0.1, 0.15) is 29.5 Å². The number of alkyl halides is 3. The van der Waals surface area contributed by atoms with Gasteiger partial charge in [-0.2, -0.15) is 18.3 Å². The van der Waals surface area contributed by atoms with Crippen LogP contribution in [0, 0.1) is 18.6 Å². The van der Waals surface area contributed by atoms with Crippen molar-refractivity contribution in [1.29, 1.82) is 0 Å². The van der Waals surface area contributed by atoms with E-state index in [1.807, 2.05) is 6.07 Å². The molecule has 0 aliphatic heterocycles. The van der Waals surface area contributed by atoms with E-state index in [2.05, 4.69) is 5.10 Å². The molecule has 38 heavy (non-hydrogen) atoms. The van der Waals surface area contributed by atoms with Gasteiger partial charge in [0, 0.05) is 21.5 Å². The topological polar surface area (TPSA) is 27.1 Å². The Kier molecular flexibility index (Phi) is 6.84. The summed E-state index contributed by atoms with van der Waals surface area (Å²) in [6.45, 7) is 1.76. The summed E-state index contributed by atoms with van der Waals surface area (Å²) < 4.78 is 76.7. The maximum absolute atomic E-state index is 14.6. The molecule has 0 radical (unpaired) electrons. The van der Waals surface area contributed by atoms with E-state index in [-0.39, 0.29) is 40.5 Å². The van der Waals surface area contributed by atoms with Crippen molar-refractivity contribution >= 4 is 22.5 Å². The summed E-state index contributed by atoms with van der Waals surface area (Å²) in [7, 11) is 0. The van der Waals surface area contributed by atoms with Gasteiger partial charge in [-0.3, -0.25) is 4.68 Å². The molecule has 0 atom stereocenters. The van der Waals surface area contributed by atoms with Crippen LogP contribution in [-0.4, -0.2) is 9.78 Å². The molecule has 4 aromatic carbocycles. The lowest BCUT2D eigenvalue weighted by Crippen LogP contribution is -2.07. The fourth-order valence-corrected chi connectivity index (χ4v) is 4.51. The number of nitrogens with zero attached hydrogens (tertiary/aromatic N) is 2. The molecule has 0 amide bonds. The monoisotopic (exact) mass is 542 g/mol. The number of ether oxygens (including phenoxy) is 1. The first kappa shape index (κ1) is 25.7. The standard InChI is InChI=1S/C29H20ClF5N2O/c1-17-12-22(31)10-11-26(17)38-16-18-4-2-5-19(13-18)28-23-6-3-7-24(29(33,34)35)27(23)36-37(28)15-20-8-9-21(30)14-25(20)32/h2-14H,15-16H2,1H3. The molecule has 1 aromatic heterocycles. The molecule has 5 aromatic rings. The van der Waals surface area contributed by atoms with Crippen molar-refractivity contribution in [3.8, 4) is 17.0 Å². The van der Waals surface area contributed by atoms with Crippen molar-refractivity contribution in [2.75, 3.05) is 0 Å². The quantitative estimate of drug-likeness (QED) is 0.201. The second kappa shape index (κ2) is 10.1. The first-order valence-corrected chi connectivity index (χ1v) is 12.0. The number of rotatable bonds is 6. The number of benzene rings is 4. The number of aryl methyl sites for hydroxylation is 1. The van der Waals surface area contributed by atoms with Crippen LogP contribution in [-0.2, 0) is 19.3 Å². The molecule has 1 heterocycles. The molecule has 0 fully saturated rings. The van der Waals surface area contributed by atoms with Gasteiger partial charge in [-0.15, -0.1) is 0 Å². The molecule has 194 valence electrons. The molecule has 0 saturated carbocycles. The van der Waals surface area contributed by atoms with Crippen LogP contribution in [0.5, 0.6) is 5.75 Å². The van der Waals surface area contributed by atoms with Gasteiger partial charge in [-0.25, -0.2) is 8.78 Å². The molecular formula is C29H20ClF5N2O. The van der Waals surface area contributed by atoms with E-state index in [0.29, 0.717) is 22.6 Å². The molecule has 0 spiro atoms. The number of hydrogen-bond donors (Lipinski definition) is 0. The third-order valence-electron chi connectivity index (χ3n) is 6.14. The fraction of sp³-hybridized carbons (Fsp3) is 0.138. The molecule has 0 N–H and O–H groups in total. The van der Waals surface area contributed by atoms with Crippen molar-refractivity contribution < 1.29 is 26.7 Å². The van der Waals surface area contributed by atoms with Gasteiger partial charge in [0.15, 0.2) is 0 Å². The Balaban J connectivity index is 1.59. The van der Waals surface area contributed by atoms with Crippen LogP contribution in [0.3, 0.4) is 0 Å². The van der Waals surface area contributed by atoms with E-state index in [9.17, 15) is 22.0 Å². The Morgan fingerprint density at radius 2 is 1.71 bits per heavy atom. The Morgan fingerprint density at radius 1 is 0.921 bits per heavy atom. The average molecular weight is 543 g/mol. The van der Waals surface area contributed by atoms with Gasteiger partial charge >= 0.3 is 6.18 Å². The summed E-state index contributed by atoms with van der Waals surface area (Å²) in [5.74, 6) is -0.441. The molecular weight excluding hydrogens is 523 g/mol. The normalized spacial score (nSPS) is 11.8. The van der Waals surface area contributed by atoms with Crippen molar-refractivity contribution in [2.45, 2.75) is 26.3 Å². The molecule has 0 unspecified atom stereocenters. The first-order chi connectivity index (χ1) is 18.1. The second-order valence-electron chi connectivity index (χ2n) is 8.84. The van der Waals surface area contributed by atoms with Crippen molar-refractivity contribution in [3.63, 3.8) is 0 Å². The van der Waals surface area contributed by atoms with Crippen LogP contribution in [0.15, 0.2) is 78.9 Å². The van der Waals surface area contributed by atoms with Crippen LogP contribution in [0.25, 0.3) is 22.2 Å². The molecule has 5 rings (SSSR count). The van der Waals surface area contributed by atoms with Gasteiger partial charge in [0.05, 0.1) is 17.8 Å². The summed E-state index contributed by atoms with van der Waals surface area (Å²) in [5, 5.41) is 4.78. The summed E-state index contributed by atoms with van der Waals surface area (Å²) in [5.41, 5.74) is 1.47. The molecule has 0 saturated heterocycles. The Hall–Kier alpha value is -3.91. The molecule has 3 nitrogen and oxygen atoms in total. The second-order valence-corrected chi connectivity index (χ2v) is 9.28. The molecule has 0 bridgehead atoms. The number of hydrogen-bond acceptors (Lipinski definition) is 2. The third-order valence-corrected chi connectivity index (χ3v) is 6.38. The lowest BCUT2D eigenvalue weighted by Gasteiger charge is -2.12. The zero-order chi connectivity index (χ0) is 27.0. The van der Waals surface area contributed by atoms with Crippen LogP contribution in [0.2, 0.25) is 5.02 Å². The zero-order valence-electron chi connectivity index (χ0n) is 20.0. The van der Waals surface area contributed by atoms with E-state index in [1.165, 1.54) is 41.1 Å². The van der Waals surface area contributed by atoms with E-state index in [1.54, 1.807) is 31.2 Å². The molecule has 0 aliphatic carbocycles. The summed E-state index contributed by atoms with van der Waals surface area (Å²) in [6.07, 6.45) is -4.62. The van der Waals surface area contributed by atoms with Gasteiger partial charge in [-0.1, -0.05) is 48.0 Å². The highest BCUT2D eigenvalue weighted by Gasteiger charge is 2.34. The Bertz CT molecular complexity index is 1640. The van der Waals surface area contributed by atoms with Crippen LogP contribution in [0.4, 0.5) is 22.0 Å². The Labute approximate surface area is 220 Å². The highest BCUT2D eigenvalue weighted by molar-refractivity contribution is 6.30. The number of fused-ring (bicyclic) bond motifs is 1. The van der Waals surface area contributed by atoms with Crippen LogP contribution >= 0.6 is 11.6 Å². The van der Waals surface area contributed by atoms with E-state index >= 15 is 0 Å². The summed E-state index contributed by atoms with van der Waals surface area (Å²) >= 11 is 5.87. The van der Waals surface area contributed by atoms with Gasteiger partial charge in [0.2, 0.25) is 0 Å². The van der Waals surface area contributed by atoms with Crippen LogP contribution in [0.1, 0.15) is 22.3 Å². The lowest BCUT2D eigenvalue weighted by atomic mass is 10.0. The van der Waals surface area contributed by atoms with Gasteiger partial charge < -0.3 is 4.74 Å². The molecule has 9 heteroatoms. The highest BCUT2D eigenvalue weighted by atomic mass is 35.5. The minimum atomic E-state index is -4.62. The predicted molar refractivity (Wildman–Crippen MR) is 136 cm³/mol. The molecule has 0 aliphatic rings. The van der Waals surface area contributed by atoms with Crippen molar-refractivity contribution in [1.82, 2.24) is 9.78 Å². The van der Waals surface area contributed by atoms with Crippen LogP contribution < -0.4 is 4.74 Å². The smallest absolute Gasteiger partial charge is 0.418 e. The van der Waals surface area contributed by atoms with Gasteiger partial charge in [-0.05, 0) is 60.5 Å². The maximum Gasteiger partial charge on any atom is 0.418 e. The van der Waals surface area contributed by atoms with E-state index < -0.39 is 17.6 Å². The van der Waals surface area contributed by atoms with Crippen molar-refractivity contribution in [3.05, 3.63) is 118 Å². The van der Waals surface area contributed by atoms with E-state index in [0.717, 1.165) is 17.7 Å². The largest absolute Gasteiger partial charge is 0.489 e. The van der Waals surface area contributed by atoms with E-state index in [4.69, 9.17) is 16.3 Å². The SMILES string of the molecule is Cc1cc(F)ccc1OCc1cccc(-c2c3cccc(C(F)(F)F)c3nn2Cc2ccc(Cl)cc2F)c1. The lowest BCUT2D eigenvalue weighted by molar-refractivity contribution is -0.136. The fourth-order valence-electron chi connectivity index (χ4n) is 4.36. The first-order valence-electron chi connectivity index (χ1n) is 11.6. The van der Waals surface area contributed by atoms with Gasteiger partial charge in [0.25, 0.3) is 0 Å². The maximum atomic E-state index is 14.6. The minimum Gasteiger partial charge on any atom is -0.489 e. The predicted octanol–water partition coefficient (Wildman–Crippen LogP) is 8.59. The zero-order valence-corrected chi connectivity index (χ0v) is 20.7. The number of aromatic nitrogens is 2. The summed E-state index contributed by atoms with van der Waals surface area (Å²) in [6, 6.07) is 19.3.